The number of primary amides is 1. The van der Waals surface area contributed by atoms with E-state index in [1.165, 1.54) is 11.1 Å². The first-order valence-electron chi connectivity index (χ1n) is 10.3. The van der Waals surface area contributed by atoms with Crippen LogP contribution in [-0.2, 0) is 10.5 Å². The SMILES string of the molecule is Cc1ccc(-c2cc(N3CCC(C(N)=O)CC3)nc(SCc3ccccc3)n2)cc1. The van der Waals surface area contributed by atoms with Crippen molar-refractivity contribution in [3.63, 3.8) is 0 Å². The van der Waals surface area contributed by atoms with Crippen molar-refractivity contribution >= 4 is 23.5 Å². The molecule has 1 fully saturated rings. The summed E-state index contributed by atoms with van der Waals surface area (Å²) >= 11 is 1.65. The molecule has 0 unspecified atom stereocenters. The smallest absolute Gasteiger partial charge is 0.220 e. The first kappa shape index (κ1) is 20.4. The van der Waals surface area contributed by atoms with Crippen LogP contribution in [0.2, 0.25) is 0 Å². The van der Waals surface area contributed by atoms with E-state index in [0.29, 0.717) is 0 Å². The number of anilines is 1. The molecular formula is C24H26N4OS. The maximum Gasteiger partial charge on any atom is 0.220 e. The summed E-state index contributed by atoms with van der Waals surface area (Å²) in [5, 5.41) is 0.768. The number of benzene rings is 2. The summed E-state index contributed by atoms with van der Waals surface area (Å²) in [7, 11) is 0. The predicted octanol–water partition coefficient (Wildman–Crippen LogP) is 4.45. The standard InChI is InChI=1S/C24H26N4OS/c1-17-7-9-19(10-8-17)21-15-22(28-13-11-20(12-14-28)23(25)29)27-24(26-21)30-16-18-5-3-2-4-6-18/h2-10,15,20H,11-14,16H2,1H3,(H2,25,29). The third kappa shape index (κ3) is 5.00. The minimum Gasteiger partial charge on any atom is -0.369 e. The number of nitrogens with two attached hydrogens (primary N) is 1. The van der Waals surface area contributed by atoms with E-state index in [1.54, 1.807) is 11.8 Å². The van der Waals surface area contributed by atoms with E-state index in [1.807, 2.05) is 18.2 Å². The zero-order valence-electron chi connectivity index (χ0n) is 17.1. The van der Waals surface area contributed by atoms with Gasteiger partial charge in [-0.2, -0.15) is 0 Å². The van der Waals surface area contributed by atoms with Crippen LogP contribution >= 0.6 is 11.8 Å². The fourth-order valence-corrected chi connectivity index (χ4v) is 4.44. The summed E-state index contributed by atoms with van der Waals surface area (Å²) in [6.07, 6.45) is 1.54. The molecule has 30 heavy (non-hydrogen) atoms. The number of hydrogen-bond acceptors (Lipinski definition) is 5. The molecule has 0 bridgehead atoms. The van der Waals surface area contributed by atoms with Gasteiger partial charge in [0.05, 0.1) is 5.69 Å². The number of carbonyl (C=O) groups excluding carboxylic acids is 1. The van der Waals surface area contributed by atoms with Crippen LogP contribution < -0.4 is 10.6 Å². The minimum absolute atomic E-state index is 0.0356. The van der Waals surface area contributed by atoms with Gasteiger partial charge in [0.2, 0.25) is 5.91 Å². The van der Waals surface area contributed by atoms with E-state index < -0.39 is 0 Å². The Morgan fingerprint density at radius 2 is 1.77 bits per heavy atom. The Bertz CT molecular complexity index is 999. The van der Waals surface area contributed by atoms with E-state index in [0.717, 1.165) is 53.9 Å². The van der Waals surface area contributed by atoms with Gasteiger partial charge in [-0.05, 0) is 25.3 Å². The van der Waals surface area contributed by atoms with Gasteiger partial charge in [0.15, 0.2) is 5.16 Å². The molecule has 154 valence electrons. The van der Waals surface area contributed by atoms with Crippen LogP contribution in [-0.4, -0.2) is 29.0 Å². The molecule has 0 aliphatic carbocycles. The molecule has 0 saturated carbocycles. The predicted molar refractivity (Wildman–Crippen MR) is 122 cm³/mol. The van der Waals surface area contributed by atoms with E-state index in [2.05, 4.69) is 54.3 Å². The van der Waals surface area contributed by atoms with Gasteiger partial charge in [-0.3, -0.25) is 4.79 Å². The van der Waals surface area contributed by atoms with E-state index in [-0.39, 0.29) is 11.8 Å². The third-order valence-electron chi connectivity index (χ3n) is 5.47. The number of aryl methyl sites for hydroxylation is 1. The van der Waals surface area contributed by atoms with E-state index in [9.17, 15) is 4.79 Å². The molecule has 1 amide bonds. The Kier molecular flexibility index (Phi) is 6.33. The van der Waals surface area contributed by atoms with Gasteiger partial charge < -0.3 is 10.6 Å². The Morgan fingerprint density at radius 1 is 1.07 bits per heavy atom. The lowest BCUT2D eigenvalue weighted by Gasteiger charge is -2.31. The number of thioether (sulfide) groups is 1. The van der Waals surface area contributed by atoms with Crippen LogP contribution in [0.25, 0.3) is 11.3 Å². The topological polar surface area (TPSA) is 72.1 Å². The summed E-state index contributed by atoms with van der Waals surface area (Å²) in [5.74, 6) is 1.50. The maximum atomic E-state index is 11.5. The van der Waals surface area contributed by atoms with Crippen molar-refractivity contribution in [1.82, 2.24) is 9.97 Å². The largest absolute Gasteiger partial charge is 0.369 e. The number of hydrogen-bond donors (Lipinski definition) is 1. The Morgan fingerprint density at radius 3 is 2.43 bits per heavy atom. The molecule has 2 N–H and O–H groups in total. The molecule has 2 aromatic carbocycles. The molecule has 1 aliphatic heterocycles. The number of rotatable bonds is 6. The van der Waals surface area contributed by atoms with Gasteiger partial charge in [-0.25, -0.2) is 9.97 Å². The molecule has 5 nitrogen and oxygen atoms in total. The first-order chi connectivity index (χ1) is 14.6. The number of nitrogens with zero attached hydrogens (tertiary/aromatic N) is 3. The highest BCUT2D eigenvalue weighted by atomic mass is 32.2. The highest BCUT2D eigenvalue weighted by Crippen LogP contribution is 2.29. The molecule has 0 spiro atoms. The minimum atomic E-state index is -0.197. The molecule has 4 rings (SSSR count). The second kappa shape index (κ2) is 9.30. The molecule has 2 heterocycles. The summed E-state index contributed by atoms with van der Waals surface area (Å²) in [4.78, 5) is 23.4. The number of amides is 1. The highest BCUT2D eigenvalue weighted by Gasteiger charge is 2.24. The lowest BCUT2D eigenvalue weighted by molar-refractivity contribution is -0.122. The van der Waals surface area contributed by atoms with Crippen LogP contribution in [0.3, 0.4) is 0 Å². The van der Waals surface area contributed by atoms with Crippen LogP contribution in [0.1, 0.15) is 24.0 Å². The normalized spacial score (nSPS) is 14.6. The highest BCUT2D eigenvalue weighted by molar-refractivity contribution is 7.98. The quantitative estimate of drug-likeness (QED) is 0.473. The Labute approximate surface area is 181 Å². The summed E-state index contributed by atoms with van der Waals surface area (Å²) in [6.45, 7) is 3.64. The second-order valence-corrected chi connectivity index (χ2v) is 8.64. The van der Waals surface area contributed by atoms with Crippen LogP contribution in [0.15, 0.2) is 65.8 Å². The van der Waals surface area contributed by atoms with Crippen molar-refractivity contribution in [2.24, 2.45) is 11.7 Å². The summed E-state index contributed by atoms with van der Waals surface area (Å²) < 4.78 is 0. The molecule has 6 heteroatoms. The van der Waals surface area contributed by atoms with Gasteiger partial charge in [0.25, 0.3) is 0 Å². The first-order valence-corrected chi connectivity index (χ1v) is 11.2. The lowest BCUT2D eigenvalue weighted by atomic mass is 9.96. The average Bonchev–Trinajstić information content (AvgIpc) is 2.79. The van der Waals surface area contributed by atoms with Gasteiger partial charge >= 0.3 is 0 Å². The fraction of sp³-hybridized carbons (Fsp3) is 0.292. The zero-order chi connectivity index (χ0) is 20.9. The van der Waals surface area contributed by atoms with Gasteiger partial charge in [-0.1, -0.05) is 71.9 Å². The number of aromatic nitrogens is 2. The monoisotopic (exact) mass is 418 g/mol. The van der Waals surface area contributed by atoms with Crippen molar-refractivity contribution in [2.45, 2.75) is 30.7 Å². The van der Waals surface area contributed by atoms with Crippen molar-refractivity contribution in [3.05, 3.63) is 71.8 Å². The number of carbonyl (C=O) groups is 1. The molecular weight excluding hydrogens is 392 g/mol. The Hall–Kier alpha value is -2.86. The van der Waals surface area contributed by atoms with E-state index in [4.69, 9.17) is 15.7 Å². The van der Waals surface area contributed by atoms with Gasteiger partial charge in [0.1, 0.15) is 5.82 Å². The number of piperidine rings is 1. The van der Waals surface area contributed by atoms with Gasteiger partial charge in [0, 0.05) is 36.4 Å². The van der Waals surface area contributed by atoms with Crippen LogP contribution in [0, 0.1) is 12.8 Å². The second-order valence-electron chi connectivity index (χ2n) is 7.70. The molecule has 0 atom stereocenters. The van der Waals surface area contributed by atoms with Crippen molar-refractivity contribution < 1.29 is 4.79 Å². The van der Waals surface area contributed by atoms with Crippen molar-refractivity contribution in [3.8, 4) is 11.3 Å². The molecule has 3 aromatic rings. The zero-order valence-corrected chi connectivity index (χ0v) is 17.9. The van der Waals surface area contributed by atoms with Gasteiger partial charge in [-0.15, -0.1) is 0 Å². The summed E-state index contributed by atoms with van der Waals surface area (Å²) in [5.41, 5.74) is 9.97. The average molecular weight is 419 g/mol. The lowest BCUT2D eigenvalue weighted by Crippen LogP contribution is -2.39. The van der Waals surface area contributed by atoms with Crippen LogP contribution in [0.4, 0.5) is 5.82 Å². The Balaban J connectivity index is 1.60. The van der Waals surface area contributed by atoms with Crippen molar-refractivity contribution in [1.29, 1.82) is 0 Å². The molecule has 1 saturated heterocycles. The molecule has 1 aliphatic rings. The summed E-state index contributed by atoms with van der Waals surface area (Å²) in [6, 6.07) is 20.8. The fourth-order valence-electron chi connectivity index (χ4n) is 3.63. The van der Waals surface area contributed by atoms with E-state index >= 15 is 0 Å². The third-order valence-corrected chi connectivity index (χ3v) is 6.39. The molecule has 0 radical (unpaired) electrons. The van der Waals surface area contributed by atoms with Crippen LogP contribution in [0.5, 0.6) is 0 Å². The maximum absolute atomic E-state index is 11.5. The molecule has 1 aromatic heterocycles. The van der Waals surface area contributed by atoms with Crippen molar-refractivity contribution in [2.75, 3.05) is 18.0 Å².